The standard InChI is InChI=1S/C15H20IN3/c1-15(2,3)9-4-10-19-11-17-14(18-19)12-5-7-13(16)8-6-12/h5-8,11H,4,9-10H2,1-3H3. The van der Waals surface area contributed by atoms with Gasteiger partial charge in [-0.3, -0.25) is 4.68 Å². The van der Waals surface area contributed by atoms with Crippen LogP contribution in [0.4, 0.5) is 0 Å². The van der Waals surface area contributed by atoms with Gasteiger partial charge in [-0.15, -0.1) is 0 Å². The molecule has 4 heteroatoms. The number of benzene rings is 1. The van der Waals surface area contributed by atoms with Crippen molar-refractivity contribution in [3.8, 4) is 11.4 Å². The molecule has 3 nitrogen and oxygen atoms in total. The fourth-order valence-electron chi connectivity index (χ4n) is 1.90. The van der Waals surface area contributed by atoms with E-state index in [0.29, 0.717) is 5.41 Å². The minimum absolute atomic E-state index is 0.388. The quantitative estimate of drug-likeness (QED) is 0.749. The van der Waals surface area contributed by atoms with Crippen molar-refractivity contribution in [2.45, 2.75) is 40.2 Å². The van der Waals surface area contributed by atoms with E-state index in [0.717, 1.165) is 24.4 Å². The van der Waals surface area contributed by atoms with Crippen LogP contribution < -0.4 is 0 Å². The molecule has 0 N–H and O–H groups in total. The van der Waals surface area contributed by atoms with E-state index in [1.54, 1.807) is 0 Å². The molecule has 1 aromatic carbocycles. The van der Waals surface area contributed by atoms with Gasteiger partial charge < -0.3 is 0 Å². The van der Waals surface area contributed by atoms with Gasteiger partial charge in [0.15, 0.2) is 5.82 Å². The average molecular weight is 369 g/mol. The number of aromatic nitrogens is 3. The van der Waals surface area contributed by atoms with E-state index in [1.807, 2.05) is 11.0 Å². The third-order valence-electron chi connectivity index (χ3n) is 2.95. The summed E-state index contributed by atoms with van der Waals surface area (Å²) in [5.41, 5.74) is 1.47. The van der Waals surface area contributed by atoms with E-state index in [1.165, 1.54) is 9.99 Å². The third kappa shape index (κ3) is 4.60. The first-order valence-electron chi connectivity index (χ1n) is 6.59. The van der Waals surface area contributed by atoms with Gasteiger partial charge in [0.25, 0.3) is 0 Å². The summed E-state index contributed by atoms with van der Waals surface area (Å²) in [6, 6.07) is 8.29. The molecular weight excluding hydrogens is 349 g/mol. The van der Waals surface area contributed by atoms with Gasteiger partial charge in [0.2, 0.25) is 0 Å². The Bertz CT molecular complexity index is 523. The Hall–Kier alpha value is -0.910. The molecule has 0 aliphatic carbocycles. The van der Waals surface area contributed by atoms with Crippen molar-refractivity contribution < 1.29 is 0 Å². The van der Waals surface area contributed by atoms with E-state index in [2.05, 4.69) is 77.7 Å². The van der Waals surface area contributed by atoms with Gasteiger partial charge in [-0.2, -0.15) is 5.10 Å². The fraction of sp³-hybridized carbons (Fsp3) is 0.467. The largest absolute Gasteiger partial charge is 0.252 e. The van der Waals surface area contributed by atoms with Crippen molar-refractivity contribution in [3.05, 3.63) is 34.2 Å². The van der Waals surface area contributed by atoms with Crippen LogP contribution in [0.3, 0.4) is 0 Å². The number of rotatable bonds is 4. The zero-order chi connectivity index (χ0) is 13.9. The number of hydrogen-bond acceptors (Lipinski definition) is 2. The Kier molecular flexibility index (Phi) is 4.60. The summed E-state index contributed by atoms with van der Waals surface area (Å²) >= 11 is 2.30. The van der Waals surface area contributed by atoms with Crippen molar-refractivity contribution >= 4 is 22.6 Å². The highest BCUT2D eigenvalue weighted by Gasteiger charge is 2.10. The molecule has 0 spiro atoms. The summed E-state index contributed by atoms with van der Waals surface area (Å²) in [6.07, 6.45) is 4.17. The molecule has 0 aliphatic heterocycles. The van der Waals surface area contributed by atoms with E-state index < -0.39 is 0 Å². The molecule has 0 aliphatic rings. The van der Waals surface area contributed by atoms with Gasteiger partial charge in [-0.1, -0.05) is 32.9 Å². The van der Waals surface area contributed by atoms with Crippen molar-refractivity contribution in [2.75, 3.05) is 0 Å². The lowest BCUT2D eigenvalue weighted by Crippen LogP contribution is -2.07. The number of aryl methyl sites for hydroxylation is 1. The molecule has 0 atom stereocenters. The lowest BCUT2D eigenvalue weighted by atomic mass is 9.91. The van der Waals surface area contributed by atoms with Crippen molar-refractivity contribution in [1.29, 1.82) is 0 Å². The van der Waals surface area contributed by atoms with Crippen LogP contribution in [0.2, 0.25) is 0 Å². The molecule has 0 fully saturated rings. The molecule has 0 bridgehead atoms. The Morgan fingerprint density at radius 1 is 1.16 bits per heavy atom. The predicted octanol–water partition coefficient (Wildman–Crippen LogP) is 4.38. The Balaban J connectivity index is 1.97. The molecule has 0 saturated carbocycles. The molecule has 2 rings (SSSR count). The Morgan fingerprint density at radius 2 is 1.84 bits per heavy atom. The number of nitrogens with zero attached hydrogens (tertiary/aromatic N) is 3. The molecular formula is C15H20IN3. The second kappa shape index (κ2) is 6.03. The summed E-state index contributed by atoms with van der Waals surface area (Å²) in [5.74, 6) is 0.812. The van der Waals surface area contributed by atoms with Gasteiger partial charge in [0, 0.05) is 15.7 Å². The average Bonchev–Trinajstić information content (AvgIpc) is 2.77. The minimum Gasteiger partial charge on any atom is -0.252 e. The van der Waals surface area contributed by atoms with Gasteiger partial charge in [-0.25, -0.2) is 4.98 Å². The Labute approximate surface area is 128 Å². The van der Waals surface area contributed by atoms with Crippen LogP contribution in [-0.4, -0.2) is 14.8 Å². The van der Waals surface area contributed by atoms with Crippen LogP contribution in [0, 0.1) is 8.99 Å². The lowest BCUT2D eigenvalue weighted by molar-refractivity contribution is 0.349. The minimum atomic E-state index is 0.388. The van der Waals surface area contributed by atoms with E-state index in [-0.39, 0.29) is 0 Å². The van der Waals surface area contributed by atoms with E-state index in [4.69, 9.17) is 0 Å². The normalized spacial score (nSPS) is 11.8. The topological polar surface area (TPSA) is 30.7 Å². The highest BCUT2D eigenvalue weighted by molar-refractivity contribution is 14.1. The maximum Gasteiger partial charge on any atom is 0.181 e. The number of halogens is 1. The zero-order valence-electron chi connectivity index (χ0n) is 11.7. The van der Waals surface area contributed by atoms with E-state index >= 15 is 0 Å². The fourth-order valence-corrected chi connectivity index (χ4v) is 2.26. The van der Waals surface area contributed by atoms with Crippen LogP contribution in [0.25, 0.3) is 11.4 Å². The predicted molar refractivity (Wildman–Crippen MR) is 86.9 cm³/mol. The molecule has 1 heterocycles. The van der Waals surface area contributed by atoms with Crippen LogP contribution in [0.1, 0.15) is 33.6 Å². The van der Waals surface area contributed by atoms with E-state index in [9.17, 15) is 0 Å². The zero-order valence-corrected chi connectivity index (χ0v) is 13.9. The van der Waals surface area contributed by atoms with Gasteiger partial charge >= 0.3 is 0 Å². The smallest absolute Gasteiger partial charge is 0.181 e. The van der Waals surface area contributed by atoms with Gasteiger partial charge in [0.1, 0.15) is 6.33 Å². The summed E-state index contributed by atoms with van der Waals surface area (Å²) in [4.78, 5) is 4.38. The SMILES string of the molecule is CC(C)(C)CCCn1cnc(-c2ccc(I)cc2)n1. The summed E-state index contributed by atoms with van der Waals surface area (Å²) in [7, 11) is 0. The number of hydrogen-bond donors (Lipinski definition) is 0. The monoisotopic (exact) mass is 369 g/mol. The van der Waals surface area contributed by atoms with Crippen LogP contribution in [-0.2, 0) is 6.54 Å². The highest BCUT2D eigenvalue weighted by Crippen LogP contribution is 2.21. The first kappa shape index (κ1) is 14.5. The molecule has 0 radical (unpaired) electrons. The first-order valence-corrected chi connectivity index (χ1v) is 7.67. The highest BCUT2D eigenvalue weighted by atomic mass is 127. The molecule has 19 heavy (non-hydrogen) atoms. The van der Waals surface area contributed by atoms with Crippen molar-refractivity contribution in [3.63, 3.8) is 0 Å². The van der Waals surface area contributed by atoms with Crippen LogP contribution in [0.5, 0.6) is 0 Å². The maximum atomic E-state index is 4.53. The third-order valence-corrected chi connectivity index (χ3v) is 3.67. The molecule has 102 valence electrons. The van der Waals surface area contributed by atoms with Crippen LogP contribution in [0.15, 0.2) is 30.6 Å². The second-order valence-electron chi connectivity index (χ2n) is 6.00. The van der Waals surface area contributed by atoms with Crippen molar-refractivity contribution in [1.82, 2.24) is 14.8 Å². The Morgan fingerprint density at radius 3 is 2.47 bits per heavy atom. The summed E-state index contributed by atoms with van der Waals surface area (Å²) in [6.45, 7) is 7.75. The molecule has 2 aromatic rings. The maximum absolute atomic E-state index is 4.53. The summed E-state index contributed by atoms with van der Waals surface area (Å²) < 4.78 is 3.17. The van der Waals surface area contributed by atoms with Crippen molar-refractivity contribution in [2.24, 2.45) is 5.41 Å². The van der Waals surface area contributed by atoms with Gasteiger partial charge in [0.05, 0.1) is 0 Å². The molecule has 0 saturated heterocycles. The molecule has 0 unspecified atom stereocenters. The summed E-state index contributed by atoms with van der Waals surface area (Å²) in [5, 5.41) is 4.53. The van der Waals surface area contributed by atoms with Crippen LogP contribution >= 0.6 is 22.6 Å². The first-order chi connectivity index (χ1) is 8.94. The molecule has 0 amide bonds. The second-order valence-corrected chi connectivity index (χ2v) is 7.25. The van der Waals surface area contributed by atoms with Gasteiger partial charge in [-0.05, 0) is 53.0 Å². The lowest BCUT2D eigenvalue weighted by Gasteiger charge is -2.17. The molecule has 1 aromatic heterocycles.